The van der Waals surface area contributed by atoms with Crippen LogP contribution in [0.25, 0.3) is 0 Å². The number of hydrogen-bond donors (Lipinski definition) is 16. The molecule has 51 heteroatoms. The summed E-state index contributed by atoms with van der Waals surface area (Å²) in [5.41, 5.74) is 30.0. The number of ketones is 1. The van der Waals surface area contributed by atoms with E-state index >= 15 is 0 Å². The van der Waals surface area contributed by atoms with Gasteiger partial charge in [0.25, 0.3) is 5.56 Å². The third-order valence-corrected chi connectivity index (χ3v) is 24.3. The van der Waals surface area contributed by atoms with Gasteiger partial charge in [-0.05, 0) is 187 Å². The van der Waals surface area contributed by atoms with Crippen molar-refractivity contribution in [3.05, 3.63) is 234 Å². The lowest BCUT2D eigenvalue weighted by Crippen LogP contribution is -2.38. The fraction of sp³-hybridized carbons (Fsp3) is 0.466. The van der Waals surface area contributed by atoms with Crippen LogP contribution in [0.15, 0.2) is 139 Å². The molecule has 0 amide bonds. The Morgan fingerprint density at radius 1 is 0.388 bits per heavy atom. The summed E-state index contributed by atoms with van der Waals surface area (Å²) in [5, 5.41) is 86.9. The van der Waals surface area contributed by atoms with Crippen LogP contribution in [-0.2, 0) is 43.7 Å². The number of rotatable bonds is 36. The Morgan fingerprint density at radius 3 is 1.09 bits per heavy atom. The quantitative estimate of drug-likeness (QED) is 0.0128. The number of carbonyl (C=O) groups excluding carboxylic acids is 1. The monoisotopic (exact) mass is 1950 g/mol. The summed E-state index contributed by atoms with van der Waals surface area (Å²) in [7, 11) is 1.57. The number of benzene rings is 1. The predicted molar refractivity (Wildman–Crippen MR) is 515 cm³/mol. The number of alkyl halides is 3. The summed E-state index contributed by atoms with van der Waals surface area (Å²) < 4.78 is 44.5. The molecule has 47 nitrogen and oxygen atoms in total. The standard InChI is InChI=1S/C18H22F3N7O2.C18H25N7O3.C18H22N6O3.C17H22ClN7O2.C17H23N7O3/c19-18(20,21)15-12(2-1-7-23-15)9-25-17-26-10-14(28(29)30)16(27-17)24-8-11-3-5-13(22)6-4-11;1-28-16-3-2-8-20-14(16)10-22-18-23-11-15(25(26)27)17(24-18)21-9-12-4-6-13(19)7-5-12;19-14-7-6-13(8-16(14)25)10-20-17-15(24(26)27)11-22-18(23-17)21-9-12-4-2-1-3-5-12;18-13-2-1-7-20-14(13)9-22-17-23-10-15(25(26)27)16(24-17)21-8-11-3-5-12(19)6-4-11;18-13-5-3-11(4-6-13)8-20-15-14(24(26)27)10-22-17(23-15)21-9-12-2-1-7-19-16(12)25/h1-2,7,10-11,13H,3-6,8-9,22H2,(H2,24,25,26,27);2-3,8,11-13H,4-7,9-10,19H2,1H3,(H2,21,22,23,24);1-5,11,13-14H,6-10,19H2,(H2,20,21,22,23);1-2,7,10-12H,3-6,8-9,19H2,(H2,21,22,23,24);1-2,7,10-11,13H,3-6,8-9,18H2,(H,19,25)(H2,20,21,22,23)/t;;13-,14-;;/m..1../s1. The number of H-pyrrole nitrogens is 1. The van der Waals surface area contributed by atoms with Crippen LogP contribution in [-0.4, -0.2) is 170 Å². The average Bonchev–Trinajstić information content (AvgIpc) is 0.849. The van der Waals surface area contributed by atoms with Crippen LogP contribution in [0.3, 0.4) is 0 Å². The van der Waals surface area contributed by atoms with E-state index in [1.165, 1.54) is 36.9 Å². The molecule has 0 saturated heterocycles. The van der Waals surface area contributed by atoms with Gasteiger partial charge in [0.2, 0.25) is 58.8 Å². The third-order valence-electron chi connectivity index (χ3n) is 23.9. The second kappa shape index (κ2) is 52.6. The van der Waals surface area contributed by atoms with Crippen molar-refractivity contribution in [1.29, 1.82) is 0 Å². The molecule has 9 heterocycles. The number of hydrogen-bond acceptors (Lipinski definition) is 41. The zero-order chi connectivity index (χ0) is 99.3. The first-order chi connectivity index (χ1) is 66.9. The number of aromatic amines is 1. The maximum atomic E-state index is 13.1. The van der Waals surface area contributed by atoms with Crippen LogP contribution in [0.1, 0.15) is 156 Å². The van der Waals surface area contributed by atoms with Crippen LogP contribution in [0, 0.1) is 80.2 Å². The van der Waals surface area contributed by atoms with E-state index in [9.17, 15) is 73.3 Å². The molecular weight excluding hydrogens is 1830 g/mol. The molecule has 2 atom stereocenters. The molecule has 0 spiro atoms. The van der Waals surface area contributed by atoms with E-state index in [0.717, 1.165) is 127 Å². The zero-order valence-corrected chi connectivity index (χ0v) is 77.0. The molecule has 5 saturated carbocycles. The first kappa shape index (κ1) is 105. The highest BCUT2D eigenvalue weighted by Crippen LogP contribution is 2.36. The van der Waals surface area contributed by atoms with Crippen molar-refractivity contribution in [2.75, 3.05) is 93.0 Å². The highest BCUT2D eigenvalue weighted by molar-refractivity contribution is 6.31. The molecule has 139 heavy (non-hydrogen) atoms. The van der Waals surface area contributed by atoms with Crippen LogP contribution in [0.5, 0.6) is 5.75 Å². The van der Waals surface area contributed by atoms with E-state index < -0.39 is 36.5 Å². The van der Waals surface area contributed by atoms with Crippen LogP contribution in [0.4, 0.5) is 100 Å². The van der Waals surface area contributed by atoms with Crippen molar-refractivity contribution in [2.24, 2.45) is 58.3 Å². The minimum Gasteiger partial charge on any atom is -0.495 e. The second-order valence-corrected chi connectivity index (χ2v) is 34.4. The van der Waals surface area contributed by atoms with Gasteiger partial charge in [-0.2, -0.15) is 38.1 Å². The van der Waals surface area contributed by atoms with Crippen LogP contribution >= 0.6 is 11.6 Å². The van der Waals surface area contributed by atoms with E-state index in [2.05, 4.69) is 123 Å². The summed E-state index contributed by atoms with van der Waals surface area (Å²) in [6.45, 7) is 3.90. The minimum atomic E-state index is -4.59. The summed E-state index contributed by atoms with van der Waals surface area (Å²) in [6.07, 6.45) is 24.5. The molecule has 21 N–H and O–H groups in total. The molecule has 0 bridgehead atoms. The topological polar surface area (TPSA) is 693 Å². The fourth-order valence-electron chi connectivity index (χ4n) is 15.9. The van der Waals surface area contributed by atoms with Crippen molar-refractivity contribution in [1.82, 2.24) is 69.8 Å². The molecule has 5 fully saturated rings. The maximum absolute atomic E-state index is 13.1. The van der Waals surface area contributed by atoms with Crippen molar-refractivity contribution in [3.63, 3.8) is 0 Å². The first-order valence-electron chi connectivity index (χ1n) is 45.4. The number of nitro groups is 5. The van der Waals surface area contributed by atoms with Crippen LogP contribution in [0.2, 0.25) is 5.02 Å². The van der Waals surface area contributed by atoms with Crippen molar-refractivity contribution in [3.8, 4) is 5.75 Å². The second-order valence-electron chi connectivity index (χ2n) is 34.0. The van der Waals surface area contributed by atoms with Gasteiger partial charge in [0.05, 0.1) is 61.6 Å². The molecule has 15 rings (SSSR count). The molecule has 742 valence electrons. The number of ether oxygens (including phenoxy) is 1. The third kappa shape index (κ3) is 33.4. The number of aromatic nitrogens is 14. The maximum Gasteiger partial charge on any atom is 0.433 e. The predicted octanol–water partition coefficient (Wildman–Crippen LogP) is 12.4. The van der Waals surface area contributed by atoms with E-state index in [1.54, 1.807) is 56.0 Å². The zero-order valence-electron chi connectivity index (χ0n) is 76.2. The van der Waals surface area contributed by atoms with Crippen LogP contribution < -0.4 is 92.1 Å². The highest BCUT2D eigenvalue weighted by Gasteiger charge is 2.36. The summed E-state index contributed by atoms with van der Waals surface area (Å²) in [6, 6.07) is 23.5. The van der Waals surface area contributed by atoms with E-state index in [4.69, 9.17) is 45.0 Å². The Labute approximate surface area is 800 Å². The SMILES string of the molecule is COc1cccnc1CNc1ncc([N+](=O)[O-])c(NCC2CCC(N)CC2)n1.NC1CCC(CNc2nc(NCc3ccc[nH]c3=O)ncc2[N+](=O)[O-])CC1.NC1CCC(CNc2nc(NCc3cccnc3C(F)(F)F)ncc2[N+](=O)[O-])CC1.NC1CCC(CNc2nc(NCc3ncccc3Cl)ncc2[N+](=O)[O-])CC1.N[C@@H]1CC[C@@H](CNc2nc(NCc3ccccc3)ncc2[N+](=O)[O-])CC1=O. The lowest BCUT2D eigenvalue weighted by atomic mass is 9.85. The van der Waals surface area contributed by atoms with E-state index in [-0.39, 0.29) is 147 Å². The molecular formula is C88H114ClF3N34O13. The lowest BCUT2D eigenvalue weighted by molar-refractivity contribution is -0.384. The van der Waals surface area contributed by atoms with E-state index in [0.29, 0.717) is 123 Å². The Hall–Kier alpha value is -14.6. The van der Waals surface area contributed by atoms with Gasteiger partial charge >= 0.3 is 34.6 Å². The highest BCUT2D eigenvalue weighted by atomic mass is 35.5. The van der Waals surface area contributed by atoms with E-state index in [1.807, 2.05) is 36.4 Å². The molecule has 5 aliphatic rings. The number of pyridine rings is 4. The number of anilines is 10. The number of methoxy groups -OCH3 is 1. The molecule has 10 aromatic rings. The van der Waals surface area contributed by atoms with Crippen molar-refractivity contribution < 1.29 is 47.3 Å². The van der Waals surface area contributed by atoms with Crippen molar-refractivity contribution >= 4 is 105 Å². The first-order valence-corrected chi connectivity index (χ1v) is 45.8. The average molecular weight is 1950 g/mol. The molecule has 9 aromatic heterocycles. The Morgan fingerprint density at radius 2 is 0.719 bits per heavy atom. The van der Waals surface area contributed by atoms with Gasteiger partial charge in [0.15, 0.2) is 0 Å². The molecule has 5 aliphatic carbocycles. The number of Topliss-reactive ketones (excluding diaryl/α,β-unsaturated/α-hetero) is 1. The number of nitrogens with two attached hydrogens (primary N) is 5. The van der Waals surface area contributed by atoms with Gasteiger partial charge < -0.3 is 91.6 Å². The molecule has 1 aromatic carbocycles. The van der Waals surface area contributed by atoms with Gasteiger partial charge in [-0.25, -0.2) is 24.9 Å². The fourth-order valence-corrected chi connectivity index (χ4v) is 16.0. The Balaban J connectivity index is 0.000000166. The summed E-state index contributed by atoms with van der Waals surface area (Å²) in [4.78, 5) is 133. The van der Waals surface area contributed by atoms with Gasteiger partial charge in [0, 0.05) is 119 Å². The molecule has 0 radical (unpaired) electrons. The largest absolute Gasteiger partial charge is 0.495 e. The molecule has 0 unspecified atom stereocenters. The summed E-state index contributed by atoms with van der Waals surface area (Å²) in [5.74, 6) is 4.19. The molecule has 0 aliphatic heterocycles. The number of nitrogens with one attached hydrogen (secondary N) is 11. The van der Waals surface area contributed by atoms with Gasteiger partial charge in [-0.1, -0.05) is 54.1 Å². The Kier molecular flexibility index (Phi) is 39.7. The lowest BCUT2D eigenvalue weighted by Gasteiger charge is -2.26. The smallest absolute Gasteiger partial charge is 0.433 e. The number of carbonyl (C=O) groups is 1. The summed E-state index contributed by atoms with van der Waals surface area (Å²) >= 11 is 6.08. The normalized spacial score (nSPS) is 19.4. The Bertz CT molecular complexity index is 5750. The van der Waals surface area contributed by atoms with Gasteiger partial charge in [-0.15, -0.1) is 0 Å². The van der Waals surface area contributed by atoms with Crippen molar-refractivity contribution in [2.45, 2.75) is 191 Å². The van der Waals surface area contributed by atoms with Gasteiger partial charge in [-0.3, -0.25) is 75.1 Å². The number of halogens is 4. The van der Waals surface area contributed by atoms with Gasteiger partial charge in [0.1, 0.15) is 53.9 Å². The minimum absolute atomic E-state index is 0.0225. The number of nitrogens with zero attached hydrogens (tertiary/aromatic N) is 18.